The molecule has 0 aliphatic carbocycles. The van der Waals surface area contributed by atoms with E-state index < -0.39 is 0 Å². The van der Waals surface area contributed by atoms with Gasteiger partial charge in [0.15, 0.2) is 11.6 Å². The van der Waals surface area contributed by atoms with Gasteiger partial charge in [-0.2, -0.15) is 40.8 Å². The van der Waals surface area contributed by atoms with Crippen LogP contribution in [0.2, 0.25) is 0 Å². The first-order valence-electron chi connectivity index (χ1n) is 31.8. The van der Waals surface area contributed by atoms with Crippen molar-refractivity contribution in [3.05, 3.63) is 157 Å². The molecule has 0 fully saturated rings. The Morgan fingerprint density at radius 2 is 0.618 bits per heavy atom. The smallest absolute Gasteiger partial charge is 0.153 e. The fourth-order valence-electron chi connectivity index (χ4n) is 4.51. The van der Waals surface area contributed by atoms with E-state index in [0.29, 0.717) is 47.3 Å². The molecule has 504 valence electrons. The van der Waals surface area contributed by atoms with Crippen molar-refractivity contribution in [3.8, 4) is 0 Å². The average Bonchev–Trinajstić information content (AvgIpc) is 3.63. The van der Waals surface area contributed by atoms with E-state index >= 15 is 0 Å². The van der Waals surface area contributed by atoms with Gasteiger partial charge in [0, 0.05) is 42.5 Å². The van der Waals surface area contributed by atoms with Crippen LogP contribution in [0.4, 0.5) is 0 Å². The van der Waals surface area contributed by atoms with Crippen molar-refractivity contribution in [2.45, 2.75) is 276 Å². The maximum absolute atomic E-state index is 4.00. The maximum Gasteiger partial charge on any atom is 0.153 e. The Kier molecular flexibility index (Phi) is 88.1. The molecule has 0 unspecified atom stereocenters. The monoisotopic (exact) mass is 1240 g/mol. The molecule has 22 nitrogen and oxygen atoms in total. The molecule has 8 aromatic rings. The molecule has 0 atom stereocenters. The van der Waals surface area contributed by atoms with Crippen LogP contribution >= 0.6 is 0 Å². The van der Waals surface area contributed by atoms with Crippen molar-refractivity contribution in [1.29, 1.82) is 0 Å². The lowest BCUT2D eigenvalue weighted by molar-refractivity contribution is 0.735. The first-order valence-corrected chi connectivity index (χ1v) is 31.8. The zero-order chi connectivity index (χ0) is 69.5. The van der Waals surface area contributed by atoms with Gasteiger partial charge in [-0.1, -0.05) is 229 Å². The molecular formula is C67H126N22. The van der Waals surface area contributed by atoms with Gasteiger partial charge in [0.1, 0.15) is 31.1 Å². The second-order valence-corrected chi connectivity index (χ2v) is 17.7. The molecule has 89 heavy (non-hydrogen) atoms. The molecule has 0 N–H and O–H groups in total. The molecule has 22 heteroatoms. The van der Waals surface area contributed by atoms with E-state index in [2.05, 4.69) is 195 Å². The third kappa shape index (κ3) is 63.1. The van der Waals surface area contributed by atoms with Crippen LogP contribution in [0.15, 0.2) is 112 Å². The summed E-state index contributed by atoms with van der Waals surface area (Å²) in [5.74, 6) is 5.98. The van der Waals surface area contributed by atoms with Gasteiger partial charge in [-0.15, -0.1) is 30.6 Å². The number of aromatic nitrogens is 22. The summed E-state index contributed by atoms with van der Waals surface area (Å²) in [5, 5.41) is 55.5. The van der Waals surface area contributed by atoms with Crippen LogP contribution in [0.25, 0.3) is 0 Å². The van der Waals surface area contributed by atoms with Gasteiger partial charge in [0.2, 0.25) is 0 Å². The zero-order valence-electron chi connectivity index (χ0n) is 60.8. The Morgan fingerprint density at radius 1 is 0.247 bits per heavy atom. The quantitative estimate of drug-likeness (QED) is 0.137. The van der Waals surface area contributed by atoms with Gasteiger partial charge < -0.3 is 0 Å². The molecule has 0 saturated carbocycles. The summed E-state index contributed by atoms with van der Waals surface area (Å²) in [7, 11) is 0. The van der Waals surface area contributed by atoms with E-state index in [1.54, 1.807) is 62.0 Å². The van der Waals surface area contributed by atoms with Crippen LogP contribution in [-0.2, 0) is 0 Å². The molecular weight excluding hydrogens is 1110 g/mol. The summed E-state index contributed by atoms with van der Waals surface area (Å²) in [6, 6.07) is 7.75. The van der Waals surface area contributed by atoms with Gasteiger partial charge in [0.05, 0.1) is 60.0 Å². The molecule has 0 amide bonds. The number of hydrogen-bond acceptors (Lipinski definition) is 22. The number of hydrogen-bond donors (Lipinski definition) is 0. The highest BCUT2D eigenvalue weighted by molar-refractivity contribution is 5.09. The van der Waals surface area contributed by atoms with Crippen molar-refractivity contribution < 1.29 is 0 Å². The molecule has 0 aliphatic heterocycles. The SMILES string of the molecule is C.CC.CC.CC.CC.CC.CC.CC.CC.CC(C)c1cccnn1.CC(C)c1ccnnc1.CC(C)c1ccnnn1.CC(C)c1cnncn1.CC(C)c1cnncn1.CC(C)c1nccnn1.CC(C)c1nccnn1.CC(C)c1ncncn1. The molecule has 0 radical (unpaired) electrons. The maximum atomic E-state index is 4.00. The highest BCUT2D eigenvalue weighted by Gasteiger charge is 2.02. The summed E-state index contributed by atoms with van der Waals surface area (Å²) in [6.45, 7) is 65.2. The summed E-state index contributed by atoms with van der Waals surface area (Å²) in [4.78, 5) is 27.6. The molecule has 0 saturated heterocycles. The third-order valence-electron chi connectivity index (χ3n) is 8.85. The van der Waals surface area contributed by atoms with Gasteiger partial charge in [-0.05, 0) is 64.6 Å². The standard InChI is InChI=1S/2C7H10N2.6C6H9N3.8C2H6.CH4/c1-6(2)7-3-4-8-9-5-7;1-6(2)7-4-3-5-8-9-7;1-5(2)6-8-3-7-4-9-6;2*1-5(2)6-3-8-9-4-7-6;2*1-5(2)6-7-3-4-8-9-6;1-5(2)6-3-4-7-9-8-6;8*1-2;/h2*3-6H,1-2H3;6*3-5H,1-2H3;8*1-2H3;1H4. The Bertz CT molecular complexity index is 1900. The summed E-state index contributed by atoms with van der Waals surface area (Å²) in [5.41, 5.74) is 5.27. The van der Waals surface area contributed by atoms with Crippen LogP contribution in [0.3, 0.4) is 0 Å². The predicted molar refractivity (Wildman–Crippen MR) is 373 cm³/mol. The lowest BCUT2D eigenvalue weighted by atomic mass is 10.1. The molecule has 8 aromatic heterocycles. The first kappa shape index (κ1) is 100. The van der Waals surface area contributed by atoms with E-state index in [0.717, 1.165) is 40.2 Å². The fourth-order valence-corrected chi connectivity index (χ4v) is 4.51. The van der Waals surface area contributed by atoms with Gasteiger partial charge in [-0.3, -0.25) is 0 Å². The van der Waals surface area contributed by atoms with E-state index in [1.807, 2.05) is 163 Å². The van der Waals surface area contributed by atoms with E-state index in [9.17, 15) is 0 Å². The zero-order valence-corrected chi connectivity index (χ0v) is 60.8. The van der Waals surface area contributed by atoms with E-state index in [-0.39, 0.29) is 7.43 Å². The third-order valence-corrected chi connectivity index (χ3v) is 8.85. The fraction of sp³-hybridized carbons (Fsp3) is 0.612. The molecule has 0 aromatic carbocycles. The van der Waals surface area contributed by atoms with Gasteiger partial charge >= 0.3 is 0 Å². The Hall–Kier alpha value is -7.78. The normalized spacial score (nSPS) is 8.72. The van der Waals surface area contributed by atoms with Crippen LogP contribution in [-0.4, -0.2) is 111 Å². The molecule has 0 bridgehead atoms. The summed E-state index contributed by atoms with van der Waals surface area (Å²) >= 11 is 0. The predicted octanol–water partition coefficient (Wildman–Crippen LogP) is 18.0. The number of nitrogens with zero attached hydrogens (tertiary/aromatic N) is 22. The Balaban J connectivity index is -0.000000113. The second-order valence-electron chi connectivity index (χ2n) is 17.7. The van der Waals surface area contributed by atoms with Gasteiger partial charge in [-0.25, -0.2) is 34.9 Å². The molecule has 0 aliphatic rings. The Labute approximate surface area is 542 Å². The topological polar surface area (TPSA) is 284 Å². The molecule has 8 heterocycles. The largest absolute Gasteiger partial charge is 0.238 e. The van der Waals surface area contributed by atoms with Crippen LogP contribution in [0.1, 0.15) is 322 Å². The minimum atomic E-state index is 0. The summed E-state index contributed by atoms with van der Waals surface area (Å²) < 4.78 is 0. The lowest BCUT2D eigenvalue weighted by Gasteiger charge is -2.00. The van der Waals surface area contributed by atoms with Gasteiger partial charge in [0.25, 0.3) is 0 Å². The Morgan fingerprint density at radius 3 is 0.820 bits per heavy atom. The first-order chi connectivity index (χ1) is 42.4. The van der Waals surface area contributed by atoms with E-state index in [4.69, 9.17) is 0 Å². The van der Waals surface area contributed by atoms with Crippen molar-refractivity contribution in [1.82, 2.24) is 111 Å². The molecule has 8 rings (SSSR count). The minimum Gasteiger partial charge on any atom is -0.238 e. The van der Waals surface area contributed by atoms with Crippen molar-refractivity contribution in [3.63, 3.8) is 0 Å². The minimum absolute atomic E-state index is 0. The second kappa shape index (κ2) is 78.2. The highest BCUT2D eigenvalue weighted by atomic mass is 15.3. The van der Waals surface area contributed by atoms with Crippen LogP contribution < -0.4 is 0 Å². The van der Waals surface area contributed by atoms with Crippen LogP contribution in [0.5, 0.6) is 0 Å². The summed E-state index contributed by atoms with van der Waals surface area (Å²) in [6.07, 6.45) is 22.7. The molecule has 0 spiro atoms. The van der Waals surface area contributed by atoms with Crippen molar-refractivity contribution in [2.24, 2.45) is 0 Å². The van der Waals surface area contributed by atoms with Crippen LogP contribution in [0, 0.1) is 0 Å². The average molecular weight is 1240 g/mol. The van der Waals surface area contributed by atoms with Crippen molar-refractivity contribution in [2.75, 3.05) is 0 Å². The highest BCUT2D eigenvalue weighted by Crippen LogP contribution is 2.11. The number of rotatable bonds is 8. The van der Waals surface area contributed by atoms with Crippen molar-refractivity contribution >= 4 is 0 Å². The van der Waals surface area contributed by atoms with E-state index in [1.165, 1.54) is 30.9 Å². The lowest BCUT2D eigenvalue weighted by Crippen LogP contribution is -1.96.